The summed E-state index contributed by atoms with van der Waals surface area (Å²) in [5, 5.41) is 14.2. The van der Waals surface area contributed by atoms with Crippen LogP contribution in [-0.2, 0) is 6.42 Å². The van der Waals surface area contributed by atoms with E-state index in [9.17, 15) is 4.79 Å². The monoisotopic (exact) mass is 298 g/mol. The number of benzene rings is 2. The Labute approximate surface area is 131 Å². The highest BCUT2D eigenvalue weighted by molar-refractivity contribution is 5.73. The van der Waals surface area contributed by atoms with Crippen molar-refractivity contribution in [3.05, 3.63) is 60.2 Å². The molecular weight excluding hydrogens is 276 g/mol. The highest BCUT2D eigenvalue weighted by Crippen LogP contribution is 2.19. The van der Waals surface area contributed by atoms with E-state index in [-0.39, 0.29) is 12.6 Å². The molecule has 0 aromatic heterocycles. The minimum Gasteiger partial charge on any atom is -0.396 e. The molecule has 0 spiro atoms. The summed E-state index contributed by atoms with van der Waals surface area (Å²) in [5.41, 5.74) is 3.57. The zero-order valence-electron chi connectivity index (χ0n) is 12.6. The number of hydrogen-bond donors (Lipinski definition) is 3. The molecule has 0 saturated heterocycles. The van der Waals surface area contributed by atoms with Crippen molar-refractivity contribution in [3.63, 3.8) is 0 Å². The normalized spacial score (nSPS) is 10.2. The van der Waals surface area contributed by atoms with Crippen molar-refractivity contribution in [1.29, 1.82) is 0 Å². The predicted octanol–water partition coefficient (Wildman–Crippen LogP) is 2.58. The number of carbonyl (C=O) groups excluding carboxylic acids is 1. The number of carbonyl (C=O) groups is 1. The van der Waals surface area contributed by atoms with Gasteiger partial charge in [0.25, 0.3) is 0 Å². The van der Waals surface area contributed by atoms with Crippen molar-refractivity contribution in [3.8, 4) is 11.1 Å². The first-order valence-corrected chi connectivity index (χ1v) is 7.56. The Morgan fingerprint density at radius 3 is 2.41 bits per heavy atom. The van der Waals surface area contributed by atoms with E-state index < -0.39 is 0 Å². The van der Waals surface area contributed by atoms with E-state index in [2.05, 4.69) is 41.0 Å². The lowest BCUT2D eigenvalue weighted by Crippen LogP contribution is -2.37. The first-order chi connectivity index (χ1) is 10.8. The van der Waals surface area contributed by atoms with Crippen LogP contribution < -0.4 is 10.6 Å². The van der Waals surface area contributed by atoms with Crippen LogP contribution in [0.1, 0.15) is 12.0 Å². The fraction of sp³-hybridized carbons (Fsp3) is 0.278. The molecule has 0 fully saturated rings. The molecule has 2 aromatic rings. The highest BCUT2D eigenvalue weighted by atomic mass is 16.3. The number of aliphatic hydroxyl groups excluding tert-OH is 1. The molecule has 116 valence electrons. The average Bonchev–Trinajstić information content (AvgIpc) is 2.56. The van der Waals surface area contributed by atoms with Gasteiger partial charge in [0.2, 0.25) is 0 Å². The second kappa shape index (κ2) is 8.85. The molecule has 0 unspecified atom stereocenters. The maximum atomic E-state index is 11.5. The second-order valence-corrected chi connectivity index (χ2v) is 5.08. The molecule has 0 aliphatic heterocycles. The molecule has 0 atom stereocenters. The Kier molecular flexibility index (Phi) is 6.45. The standard InChI is InChI=1S/C18H22N2O2/c21-13-5-11-19-18(22)20-12-10-15-6-4-9-17(14-15)16-7-2-1-3-8-16/h1-4,6-9,14,21H,5,10-13H2,(H2,19,20,22). The summed E-state index contributed by atoms with van der Waals surface area (Å²) < 4.78 is 0. The molecule has 0 radical (unpaired) electrons. The summed E-state index contributed by atoms with van der Waals surface area (Å²) in [6.45, 7) is 1.17. The molecule has 2 amide bonds. The van der Waals surface area contributed by atoms with E-state index in [1.165, 1.54) is 16.7 Å². The summed E-state index contributed by atoms with van der Waals surface area (Å²) in [6.07, 6.45) is 1.36. The van der Waals surface area contributed by atoms with Gasteiger partial charge < -0.3 is 15.7 Å². The van der Waals surface area contributed by atoms with Crippen LogP contribution in [0.25, 0.3) is 11.1 Å². The first kappa shape index (κ1) is 16.0. The number of aliphatic hydroxyl groups is 1. The zero-order chi connectivity index (χ0) is 15.6. The number of urea groups is 1. The minimum atomic E-state index is -0.187. The van der Waals surface area contributed by atoms with Gasteiger partial charge in [0, 0.05) is 19.7 Å². The van der Waals surface area contributed by atoms with Crippen molar-refractivity contribution in [1.82, 2.24) is 10.6 Å². The van der Waals surface area contributed by atoms with Gasteiger partial charge in [0.05, 0.1) is 0 Å². The Bertz CT molecular complexity index is 585. The number of rotatable bonds is 7. The molecule has 2 rings (SSSR count). The van der Waals surface area contributed by atoms with E-state index in [0.717, 1.165) is 6.42 Å². The lowest BCUT2D eigenvalue weighted by Gasteiger charge is -2.08. The van der Waals surface area contributed by atoms with E-state index >= 15 is 0 Å². The fourth-order valence-corrected chi connectivity index (χ4v) is 2.20. The van der Waals surface area contributed by atoms with E-state index in [1.807, 2.05) is 24.3 Å². The highest BCUT2D eigenvalue weighted by Gasteiger charge is 2.01. The minimum absolute atomic E-state index is 0.0898. The van der Waals surface area contributed by atoms with Crippen LogP contribution in [0.3, 0.4) is 0 Å². The molecule has 22 heavy (non-hydrogen) atoms. The summed E-state index contributed by atoms with van der Waals surface area (Å²) >= 11 is 0. The SMILES string of the molecule is O=C(NCCCO)NCCc1cccc(-c2ccccc2)c1. The van der Waals surface area contributed by atoms with Gasteiger partial charge in [-0.25, -0.2) is 4.79 Å². The molecule has 3 N–H and O–H groups in total. The number of hydrogen-bond acceptors (Lipinski definition) is 2. The molecule has 0 saturated carbocycles. The summed E-state index contributed by atoms with van der Waals surface area (Å²) in [5.74, 6) is 0. The van der Waals surface area contributed by atoms with E-state index in [4.69, 9.17) is 5.11 Å². The molecule has 0 bridgehead atoms. The van der Waals surface area contributed by atoms with Crippen LogP contribution in [0.15, 0.2) is 54.6 Å². The van der Waals surface area contributed by atoms with Gasteiger partial charge in [-0.05, 0) is 29.5 Å². The first-order valence-electron chi connectivity index (χ1n) is 7.56. The molecule has 4 heteroatoms. The van der Waals surface area contributed by atoms with Crippen LogP contribution in [0.4, 0.5) is 4.79 Å². The van der Waals surface area contributed by atoms with Crippen molar-refractivity contribution >= 4 is 6.03 Å². The Morgan fingerprint density at radius 2 is 1.64 bits per heavy atom. The Balaban J connectivity index is 1.83. The topological polar surface area (TPSA) is 61.4 Å². The third-order valence-corrected chi connectivity index (χ3v) is 3.35. The van der Waals surface area contributed by atoms with Crippen molar-refractivity contribution in [2.24, 2.45) is 0 Å². The quantitative estimate of drug-likeness (QED) is 0.688. The van der Waals surface area contributed by atoms with Gasteiger partial charge in [-0.15, -0.1) is 0 Å². The molecule has 0 aliphatic carbocycles. The van der Waals surface area contributed by atoms with Gasteiger partial charge in [0.15, 0.2) is 0 Å². The van der Waals surface area contributed by atoms with Crippen molar-refractivity contribution in [2.45, 2.75) is 12.8 Å². The van der Waals surface area contributed by atoms with Crippen LogP contribution in [0.2, 0.25) is 0 Å². The molecule has 2 aromatic carbocycles. The Morgan fingerprint density at radius 1 is 0.909 bits per heavy atom. The van der Waals surface area contributed by atoms with Gasteiger partial charge >= 0.3 is 6.03 Å². The van der Waals surface area contributed by atoms with Crippen LogP contribution >= 0.6 is 0 Å². The van der Waals surface area contributed by atoms with Gasteiger partial charge in [-0.2, -0.15) is 0 Å². The van der Waals surface area contributed by atoms with Gasteiger partial charge in [0.1, 0.15) is 0 Å². The van der Waals surface area contributed by atoms with Crippen molar-refractivity contribution < 1.29 is 9.90 Å². The fourth-order valence-electron chi connectivity index (χ4n) is 2.20. The number of nitrogens with one attached hydrogen (secondary N) is 2. The third kappa shape index (κ3) is 5.22. The van der Waals surface area contributed by atoms with Crippen LogP contribution in [0, 0.1) is 0 Å². The average molecular weight is 298 g/mol. The van der Waals surface area contributed by atoms with Crippen LogP contribution in [-0.4, -0.2) is 30.8 Å². The summed E-state index contributed by atoms with van der Waals surface area (Å²) in [6, 6.07) is 18.4. The van der Waals surface area contributed by atoms with Gasteiger partial charge in [-0.1, -0.05) is 54.6 Å². The number of amides is 2. The van der Waals surface area contributed by atoms with Crippen molar-refractivity contribution in [2.75, 3.05) is 19.7 Å². The Hall–Kier alpha value is -2.33. The van der Waals surface area contributed by atoms with Gasteiger partial charge in [-0.3, -0.25) is 0 Å². The third-order valence-electron chi connectivity index (χ3n) is 3.35. The maximum Gasteiger partial charge on any atom is 0.314 e. The summed E-state index contributed by atoms with van der Waals surface area (Å²) in [7, 11) is 0. The largest absolute Gasteiger partial charge is 0.396 e. The van der Waals surface area contributed by atoms with Crippen LogP contribution in [0.5, 0.6) is 0 Å². The predicted molar refractivity (Wildman–Crippen MR) is 88.7 cm³/mol. The lowest BCUT2D eigenvalue weighted by molar-refractivity contribution is 0.238. The second-order valence-electron chi connectivity index (χ2n) is 5.08. The smallest absolute Gasteiger partial charge is 0.314 e. The molecule has 0 aliphatic rings. The van der Waals surface area contributed by atoms with E-state index in [1.54, 1.807) is 0 Å². The van der Waals surface area contributed by atoms with E-state index in [0.29, 0.717) is 19.5 Å². The summed E-state index contributed by atoms with van der Waals surface area (Å²) in [4.78, 5) is 11.5. The molecular formula is C18H22N2O2. The lowest BCUT2D eigenvalue weighted by atomic mass is 10.0. The zero-order valence-corrected chi connectivity index (χ0v) is 12.6. The molecule has 0 heterocycles. The maximum absolute atomic E-state index is 11.5. The molecule has 4 nitrogen and oxygen atoms in total.